The van der Waals surface area contributed by atoms with Crippen LogP contribution in [0.25, 0.3) is 0 Å². The molecule has 0 spiro atoms. The van der Waals surface area contributed by atoms with E-state index in [1.807, 2.05) is 39.0 Å². The lowest BCUT2D eigenvalue weighted by molar-refractivity contribution is -0.128. The smallest absolute Gasteiger partial charge is 0.337 e. The number of aryl methyl sites for hydroxylation is 2. The molecule has 3 rings (SSSR count). The minimum Gasteiger partial charge on any atom is -0.465 e. The first-order valence-corrected chi connectivity index (χ1v) is 10.8. The van der Waals surface area contributed by atoms with Gasteiger partial charge in [0.2, 0.25) is 11.8 Å². The number of ether oxygens (including phenoxy) is 1. The third-order valence-electron chi connectivity index (χ3n) is 4.88. The van der Waals surface area contributed by atoms with Crippen molar-refractivity contribution in [2.45, 2.75) is 32.4 Å². The molecule has 0 saturated carbocycles. The van der Waals surface area contributed by atoms with Crippen LogP contribution in [0.4, 0.5) is 11.4 Å². The molecule has 1 saturated heterocycles. The number of thioether (sulfide) groups is 1. The number of aliphatic imine (C=N–C) groups is 1. The Morgan fingerprint density at radius 1 is 1.16 bits per heavy atom. The van der Waals surface area contributed by atoms with E-state index in [0.29, 0.717) is 23.0 Å². The molecule has 0 bridgehead atoms. The Hall–Kier alpha value is -3.13. The number of amidine groups is 1. The first kappa shape index (κ1) is 22.6. The SMILES string of the molecule is CCN1C(=O)[C@@H](CC(=O)Nc2ccc(C)cc2C)SC1=Nc1ccc(C(=O)OC)cc1. The molecule has 162 valence electrons. The van der Waals surface area contributed by atoms with Gasteiger partial charge in [-0.25, -0.2) is 9.79 Å². The molecule has 2 aromatic rings. The summed E-state index contributed by atoms with van der Waals surface area (Å²) in [7, 11) is 1.33. The molecule has 7 nitrogen and oxygen atoms in total. The maximum atomic E-state index is 12.8. The molecule has 8 heteroatoms. The van der Waals surface area contributed by atoms with E-state index in [-0.39, 0.29) is 18.2 Å². The molecule has 1 aliphatic rings. The Kier molecular flexibility index (Phi) is 7.12. The molecule has 2 amide bonds. The number of carbonyl (C=O) groups excluding carboxylic acids is 3. The van der Waals surface area contributed by atoms with E-state index in [4.69, 9.17) is 4.74 Å². The molecular weight excluding hydrogens is 414 g/mol. The van der Waals surface area contributed by atoms with Crippen LogP contribution in [0.15, 0.2) is 47.5 Å². The van der Waals surface area contributed by atoms with Gasteiger partial charge < -0.3 is 10.1 Å². The van der Waals surface area contributed by atoms with Crippen LogP contribution in [0.3, 0.4) is 0 Å². The maximum absolute atomic E-state index is 12.8. The minimum atomic E-state index is -0.529. The van der Waals surface area contributed by atoms with Crippen LogP contribution < -0.4 is 5.32 Å². The second kappa shape index (κ2) is 9.78. The van der Waals surface area contributed by atoms with Crippen molar-refractivity contribution in [3.8, 4) is 0 Å². The average molecular weight is 440 g/mol. The van der Waals surface area contributed by atoms with Crippen molar-refractivity contribution in [3.05, 3.63) is 59.2 Å². The first-order valence-electron chi connectivity index (χ1n) is 9.94. The predicted molar refractivity (Wildman–Crippen MR) is 123 cm³/mol. The first-order chi connectivity index (χ1) is 14.8. The molecule has 0 unspecified atom stereocenters. The number of benzene rings is 2. The van der Waals surface area contributed by atoms with Gasteiger partial charge in [0.05, 0.1) is 18.4 Å². The van der Waals surface area contributed by atoms with Crippen LogP contribution >= 0.6 is 11.8 Å². The number of hydrogen-bond donors (Lipinski definition) is 1. The van der Waals surface area contributed by atoms with E-state index in [0.717, 1.165) is 16.8 Å². The Balaban J connectivity index is 1.71. The summed E-state index contributed by atoms with van der Waals surface area (Å²) in [5.74, 6) is -0.763. The second-order valence-corrected chi connectivity index (χ2v) is 8.36. The van der Waals surface area contributed by atoms with Gasteiger partial charge in [0.1, 0.15) is 5.25 Å². The van der Waals surface area contributed by atoms with Gasteiger partial charge in [-0.15, -0.1) is 0 Å². The minimum absolute atomic E-state index is 0.0631. The van der Waals surface area contributed by atoms with E-state index < -0.39 is 11.2 Å². The topological polar surface area (TPSA) is 88.1 Å². The molecule has 0 radical (unpaired) electrons. The lowest BCUT2D eigenvalue weighted by Gasteiger charge is -2.13. The van der Waals surface area contributed by atoms with Gasteiger partial charge in [0.15, 0.2) is 5.17 Å². The molecule has 1 heterocycles. The number of esters is 1. The quantitative estimate of drug-likeness (QED) is 0.686. The van der Waals surface area contributed by atoms with Gasteiger partial charge in [-0.05, 0) is 56.7 Å². The van der Waals surface area contributed by atoms with Crippen molar-refractivity contribution >= 4 is 46.1 Å². The summed E-state index contributed by atoms with van der Waals surface area (Å²) in [6.07, 6.45) is 0.0631. The third kappa shape index (κ3) is 5.32. The van der Waals surface area contributed by atoms with E-state index in [2.05, 4.69) is 10.3 Å². The zero-order chi connectivity index (χ0) is 22.5. The van der Waals surface area contributed by atoms with Crippen molar-refractivity contribution in [2.24, 2.45) is 4.99 Å². The number of hydrogen-bond acceptors (Lipinski definition) is 6. The summed E-state index contributed by atoms with van der Waals surface area (Å²) in [6.45, 7) is 6.26. The van der Waals surface area contributed by atoms with Crippen LogP contribution in [0.2, 0.25) is 0 Å². The van der Waals surface area contributed by atoms with Crippen molar-refractivity contribution < 1.29 is 19.1 Å². The number of nitrogens with zero attached hydrogens (tertiary/aromatic N) is 2. The predicted octanol–water partition coefficient (Wildman–Crippen LogP) is 4.07. The van der Waals surface area contributed by atoms with Crippen molar-refractivity contribution in [1.29, 1.82) is 0 Å². The fourth-order valence-corrected chi connectivity index (χ4v) is 4.46. The zero-order valence-corrected chi connectivity index (χ0v) is 18.8. The van der Waals surface area contributed by atoms with Crippen LogP contribution in [0, 0.1) is 13.8 Å². The molecule has 1 N–H and O–H groups in total. The standard InChI is InChI=1S/C23H25N3O4S/c1-5-26-21(28)19(13-20(27)25-18-11-6-14(2)12-15(18)3)31-23(26)24-17-9-7-16(8-10-17)22(29)30-4/h6-12,19H,5,13H2,1-4H3,(H,25,27)/t19-/m1/s1. The Bertz CT molecular complexity index is 1030. The van der Waals surface area contributed by atoms with E-state index in [1.165, 1.54) is 18.9 Å². The van der Waals surface area contributed by atoms with Gasteiger partial charge in [0.25, 0.3) is 0 Å². The Morgan fingerprint density at radius 2 is 1.87 bits per heavy atom. The van der Waals surface area contributed by atoms with Crippen LogP contribution in [-0.2, 0) is 14.3 Å². The van der Waals surface area contributed by atoms with Crippen LogP contribution in [-0.4, -0.2) is 46.8 Å². The fourth-order valence-electron chi connectivity index (χ4n) is 3.24. The molecule has 0 aromatic heterocycles. The fraction of sp³-hybridized carbons (Fsp3) is 0.304. The largest absolute Gasteiger partial charge is 0.465 e. The van der Waals surface area contributed by atoms with Gasteiger partial charge in [-0.2, -0.15) is 0 Å². The van der Waals surface area contributed by atoms with Crippen molar-refractivity contribution in [1.82, 2.24) is 4.90 Å². The molecule has 31 heavy (non-hydrogen) atoms. The van der Waals surface area contributed by atoms with Gasteiger partial charge in [0, 0.05) is 18.7 Å². The lowest BCUT2D eigenvalue weighted by atomic mass is 10.1. The normalized spacial score (nSPS) is 17.2. The number of rotatable bonds is 6. The average Bonchev–Trinajstić information content (AvgIpc) is 3.03. The number of carbonyl (C=O) groups is 3. The highest BCUT2D eigenvalue weighted by atomic mass is 32.2. The van der Waals surface area contributed by atoms with Gasteiger partial charge in [-0.1, -0.05) is 29.5 Å². The Labute approximate surface area is 185 Å². The van der Waals surface area contributed by atoms with Crippen molar-refractivity contribution in [3.63, 3.8) is 0 Å². The number of nitrogens with one attached hydrogen (secondary N) is 1. The number of anilines is 1. The molecular formula is C23H25N3O4S. The summed E-state index contributed by atoms with van der Waals surface area (Å²) in [5.41, 5.74) is 3.89. The molecule has 1 atom stereocenters. The molecule has 0 aliphatic carbocycles. The highest BCUT2D eigenvalue weighted by Gasteiger charge is 2.38. The molecule has 2 aromatic carbocycles. The number of amides is 2. The third-order valence-corrected chi connectivity index (χ3v) is 6.05. The highest BCUT2D eigenvalue weighted by molar-refractivity contribution is 8.15. The highest BCUT2D eigenvalue weighted by Crippen LogP contribution is 2.32. The van der Waals surface area contributed by atoms with Gasteiger partial charge >= 0.3 is 5.97 Å². The summed E-state index contributed by atoms with van der Waals surface area (Å²) >= 11 is 1.28. The summed E-state index contributed by atoms with van der Waals surface area (Å²) < 4.78 is 4.70. The van der Waals surface area contributed by atoms with Crippen LogP contribution in [0.5, 0.6) is 0 Å². The van der Waals surface area contributed by atoms with Crippen LogP contribution in [0.1, 0.15) is 34.8 Å². The van der Waals surface area contributed by atoms with E-state index in [9.17, 15) is 14.4 Å². The summed E-state index contributed by atoms with van der Waals surface area (Å²) in [6, 6.07) is 12.4. The number of methoxy groups -OCH3 is 1. The second-order valence-electron chi connectivity index (χ2n) is 7.19. The van der Waals surface area contributed by atoms with Gasteiger partial charge in [-0.3, -0.25) is 14.5 Å². The summed E-state index contributed by atoms with van der Waals surface area (Å²) in [5, 5.41) is 2.91. The summed E-state index contributed by atoms with van der Waals surface area (Å²) in [4.78, 5) is 43.1. The van der Waals surface area contributed by atoms with E-state index in [1.54, 1.807) is 29.2 Å². The molecule has 1 aliphatic heterocycles. The Morgan fingerprint density at radius 3 is 2.48 bits per heavy atom. The lowest BCUT2D eigenvalue weighted by Crippen LogP contribution is -2.33. The maximum Gasteiger partial charge on any atom is 0.337 e. The van der Waals surface area contributed by atoms with Crippen molar-refractivity contribution in [2.75, 3.05) is 19.0 Å². The molecule has 1 fully saturated rings. The monoisotopic (exact) mass is 439 g/mol. The van der Waals surface area contributed by atoms with E-state index >= 15 is 0 Å². The zero-order valence-electron chi connectivity index (χ0n) is 18.0.